The molecule has 1 aliphatic rings. The molecule has 2 aromatic rings. The third-order valence-corrected chi connectivity index (χ3v) is 5.87. The van der Waals surface area contributed by atoms with Gasteiger partial charge in [0, 0.05) is 24.2 Å². The van der Waals surface area contributed by atoms with E-state index >= 15 is 0 Å². The van der Waals surface area contributed by atoms with Crippen molar-refractivity contribution in [1.29, 1.82) is 0 Å². The van der Waals surface area contributed by atoms with Gasteiger partial charge in [0.15, 0.2) is 5.01 Å². The van der Waals surface area contributed by atoms with Crippen molar-refractivity contribution in [3.63, 3.8) is 0 Å². The highest BCUT2D eigenvalue weighted by Crippen LogP contribution is 2.39. The summed E-state index contributed by atoms with van der Waals surface area (Å²) < 4.78 is 19.6. The minimum atomic E-state index is -0.348. The average Bonchev–Trinajstić information content (AvgIpc) is 3.00. The molecule has 1 fully saturated rings. The first kappa shape index (κ1) is 19.0. The molecule has 1 aromatic carbocycles. The lowest BCUT2D eigenvalue weighted by Crippen LogP contribution is -2.61. The Bertz CT molecular complexity index is 774. The van der Waals surface area contributed by atoms with Crippen LogP contribution in [0.5, 0.6) is 5.75 Å². The number of rotatable bonds is 4. The molecule has 0 atom stereocenters. The zero-order valence-corrected chi connectivity index (χ0v) is 17.1. The van der Waals surface area contributed by atoms with Crippen LogP contribution in [0.1, 0.15) is 40.5 Å². The van der Waals surface area contributed by atoms with E-state index in [0.717, 1.165) is 18.0 Å². The zero-order chi connectivity index (χ0) is 19.1. The summed E-state index contributed by atoms with van der Waals surface area (Å²) in [4.78, 5) is 2.18. The van der Waals surface area contributed by atoms with Crippen LogP contribution in [0.25, 0.3) is 10.6 Å². The third kappa shape index (κ3) is 3.83. The fourth-order valence-corrected chi connectivity index (χ4v) is 4.97. The van der Waals surface area contributed by atoms with Gasteiger partial charge in [-0.15, -0.1) is 10.2 Å². The summed E-state index contributed by atoms with van der Waals surface area (Å²) in [5.41, 5.74) is 0.462. The highest BCUT2D eigenvalue weighted by atomic mass is 32.1. The van der Waals surface area contributed by atoms with Gasteiger partial charge in [-0.25, -0.2) is 4.39 Å². The van der Waals surface area contributed by atoms with E-state index in [1.54, 1.807) is 12.1 Å². The Morgan fingerprint density at radius 2 is 1.85 bits per heavy atom. The van der Waals surface area contributed by atoms with Crippen LogP contribution in [0.15, 0.2) is 18.2 Å². The first-order valence-electron chi connectivity index (χ1n) is 8.80. The van der Waals surface area contributed by atoms with Crippen molar-refractivity contribution < 1.29 is 9.13 Å². The Morgan fingerprint density at radius 1 is 1.19 bits per heavy atom. The number of aromatic nitrogens is 2. The van der Waals surface area contributed by atoms with E-state index < -0.39 is 0 Å². The summed E-state index contributed by atoms with van der Waals surface area (Å²) in [7, 11) is 3.58. The molecule has 0 spiro atoms. The Labute approximate surface area is 158 Å². The molecular formula is C19H27FN4OS. The molecule has 142 valence electrons. The van der Waals surface area contributed by atoms with Gasteiger partial charge in [-0.2, -0.15) is 0 Å². The van der Waals surface area contributed by atoms with Crippen molar-refractivity contribution in [1.82, 2.24) is 15.5 Å². The molecule has 1 saturated heterocycles. The van der Waals surface area contributed by atoms with Crippen LogP contribution in [0, 0.1) is 5.82 Å². The number of hydrogen-bond donors (Lipinski definition) is 1. The van der Waals surface area contributed by atoms with Crippen LogP contribution < -0.4 is 15.0 Å². The maximum atomic E-state index is 14.3. The minimum absolute atomic E-state index is 0.0446. The number of hydrogen-bond acceptors (Lipinski definition) is 6. The minimum Gasteiger partial charge on any atom is -0.496 e. The van der Waals surface area contributed by atoms with E-state index in [0.29, 0.717) is 22.4 Å². The normalized spacial score (nSPS) is 19.3. The Morgan fingerprint density at radius 3 is 2.46 bits per heavy atom. The van der Waals surface area contributed by atoms with Crippen molar-refractivity contribution >= 4 is 16.5 Å². The molecule has 2 heterocycles. The maximum Gasteiger partial charge on any atom is 0.208 e. The van der Waals surface area contributed by atoms with Crippen molar-refractivity contribution in [2.45, 2.75) is 57.7 Å². The molecule has 3 rings (SSSR count). The van der Waals surface area contributed by atoms with Gasteiger partial charge in [0.2, 0.25) is 5.13 Å². The zero-order valence-electron chi connectivity index (χ0n) is 16.3. The second kappa shape index (κ2) is 6.78. The van der Waals surface area contributed by atoms with Crippen molar-refractivity contribution in [3.8, 4) is 16.3 Å². The van der Waals surface area contributed by atoms with Crippen molar-refractivity contribution in [2.75, 3.05) is 19.1 Å². The molecule has 0 radical (unpaired) electrons. The van der Waals surface area contributed by atoms with Crippen LogP contribution in [0.2, 0.25) is 0 Å². The summed E-state index contributed by atoms with van der Waals surface area (Å²) in [6.45, 7) is 8.91. The highest BCUT2D eigenvalue weighted by Gasteiger charge is 2.39. The summed E-state index contributed by atoms with van der Waals surface area (Å²) in [6.07, 6.45) is 2.01. The molecule has 0 aliphatic carbocycles. The number of methoxy groups -OCH3 is 1. The number of piperidine rings is 1. The van der Waals surface area contributed by atoms with Crippen LogP contribution in [0.3, 0.4) is 0 Å². The lowest BCUT2D eigenvalue weighted by atomic mass is 9.79. The molecule has 1 N–H and O–H groups in total. The summed E-state index contributed by atoms with van der Waals surface area (Å²) in [5.74, 6) is 0.123. The number of anilines is 1. The van der Waals surface area contributed by atoms with Gasteiger partial charge in [0.25, 0.3) is 0 Å². The van der Waals surface area contributed by atoms with E-state index in [-0.39, 0.29) is 16.9 Å². The highest BCUT2D eigenvalue weighted by molar-refractivity contribution is 7.18. The fourth-order valence-electron chi connectivity index (χ4n) is 4.04. The number of nitrogens with one attached hydrogen (secondary N) is 1. The predicted molar refractivity (Wildman–Crippen MR) is 105 cm³/mol. The number of ether oxygens (including phenoxy) is 1. The molecular weight excluding hydrogens is 351 g/mol. The molecule has 5 nitrogen and oxygen atoms in total. The second-order valence-corrected chi connectivity index (χ2v) is 9.23. The van der Waals surface area contributed by atoms with E-state index in [2.05, 4.69) is 48.1 Å². The van der Waals surface area contributed by atoms with E-state index in [1.807, 2.05) is 7.05 Å². The molecule has 0 bridgehead atoms. The quantitative estimate of drug-likeness (QED) is 0.868. The largest absolute Gasteiger partial charge is 0.496 e. The van der Waals surface area contributed by atoms with Gasteiger partial charge in [-0.1, -0.05) is 17.4 Å². The molecule has 0 amide bonds. The third-order valence-electron chi connectivity index (χ3n) is 4.84. The first-order chi connectivity index (χ1) is 12.1. The maximum absolute atomic E-state index is 14.3. The Balaban J connectivity index is 1.88. The molecule has 7 heteroatoms. The topological polar surface area (TPSA) is 50.3 Å². The van der Waals surface area contributed by atoms with Gasteiger partial charge in [-0.3, -0.25) is 0 Å². The monoisotopic (exact) mass is 378 g/mol. The van der Waals surface area contributed by atoms with Crippen LogP contribution in [-0.4, -0.2) is 41.5 Å². The van der Waals surface area contributed by atoms with Crippen LogP contribution in [0.4, 0.5) is 9.52 Å². The summed E-state index contributed by atoms with van der Waals surface area (Å²) in [5, 5.41) is 13.6. The number of halogens is 1. The van der Waals surface area contributed by atoms with Crippen molar-refractivity contribution in [2.24, 2.45) is 0 Å². The molecule has 0 unspecified atom stereocenters. The smallest absolute Gasteiger partial charge is 0.208 e. The molecule has 1 aliphatic heterocycles. The number of benzene rings is 1. The van der Waals surface area contributed by atoms with Gasteiger partial charge in [-0.05, 0) is 52.7 Å². The van der Waals surface area contributed by atoms with Gasteiger partial charge >= 0.3 is 0 Å². The molecule has 0 saturated carbocycles. The standard InChI is InChI=1S/C19H27FN4OS/c1-18(2)10-12(11-19(3,4)23-18)24(5)17-22-21-16(26-17)15-13(20)8-7-9-14(15)25-6/h7-9,12,23H,10-11H2,1-6H3. The molecule has 26 heavy (non-hydrogen) atoms. The second-order valence-electron chi connectivity index (χ2n) is 8.27. The SMILES string of the molecule is COc1cccc(F)c1-c1nnc(N(C)C2CC(C)(C)NC(C)(C)C2)s1. The first-order valence-corrected chi connectivity index (χ1v) is 9.62. The van der Waals surface area contributed by atoms with E-state index in [4.69, 9.17) is 4.74 Å². The van der Waals surface area contributed by atoms with Gasteiger partial charge in [0.1, 0.15) is 11.6 Å². The molecule has 1 aromatic heterocycles. The summed E-state index contributed by atoms with van der Waals surface area (Å²) in [6, 6.07) is 5.12. The lowest BCUT2D eigenvalue weighted by molar-refractivity contribution is 0.161. The van der Waals surface area contributed by atoms with E-state index in [9.17, 15) is 4.39 Å². The van der Waals surface area contributed by atoms with Gasteiger partial charge < -0.3 is 15.0 Å². The fraction of sp³-hybridized carbons (Fsp3) is 0.579. The average molecular weight is 379 g/mol. The predicted octanol–water partition coefficient (Wildman–Crippen LogP) is 4.10. The summed E-state index contributed by atoms with van der Waals surface area (Å²) >= 11 is 1.40. The number of nitrogens with zero attached hydrogens (tertiary/aromatic N) is 3. The van der Waals surface area contributed by atoms with Crippen LogP contribution in [-0.2, 0) is 0 Å². The lowest BCUT2D eigenvalue weighted by Gasteiger charge is -2.48. The Hall–Kier alpha value is -1.73. The van der Waals surface area contributed by atoms with Crippen LogP contribution >= 0.6 is 11.3 Å². The van der Waals surface area contributed by atoms with Gasteiger partial charge in [0.05, 0.1) is 12.7 Å². The Kier molecular flexibility index (Phi) is 4.96. The van der Waals surface area contributed by atoms with E-state index in [1.165, 1.54) is 24.5 Å². The van der Waals surface area contributed by atoms with Crippen molar-refractivity contribution in [3.05, 3.63) is 24.0 Å².